The first kappa shape index (κ1) is 16.6. The molecule has 0 spiro atoms. The SMILES string of the molecule is C=C/C=C/C1CC(=O)N(c2ccc(C(=O)c3ccccc3)cc2)C1=O. The van der Waals surface area contributed by atoms with E-state index < -0.39 is 5.92 Å². The maximum atomic E-state index is 12.4. The summed E-state index contributed by atoms with van der Waals surface area (Å²) in [5.74, 6) is -1.06. The molecule has 0 bridgehead atoms. The van der Waals surface area contributed by atoms with E-state index in [-0.39, 0.29) is 24.0 Å². The van der Waals surface area contributed by atoms with E-state index in [2.05, 4.69) is 6.58 Å². The van der Waals surface area contributed by atoms with Crippen LogP contribution < -0.4 is 4.90 Å². The van der Waals surface area contributed by atoms with Crippen molar-refractivity contribution in [1.82, 2.24) is 0 Å². The Kier molecular flexibility index (Phi) is 4.70. The van der Waals surface area contributed by atoms with Gasteiger partial charge >= 0.3 is 0 Å². The second kappa shape index (κ2) is 7.09. The molecule has 124 valence electrons. The van der Waals surface area contributed by atoms with E-state index >= 15 is 0 Å². The van der Waals surface area contributed by atoms with Crippen molar-refractivity contribution < 1.29 is 14.4 Å². The standard InChI is InChI=1S/C21H17NO3/c1-2-3-7-17-14-19(23)22(21(17)25)18-12-10-16(11-13-18)20(24)15-8-5-4-6-9-15/h2-13,17H,1,14H2/b7-3+. The number of anilines is 1. The third kappa shape index (κ3) is 3.33. The number of carbonyl (C=O) groups is 3. The van der Waals surface area contributed by atoms with Gasteiger partial charge in [-0.2, -0.15) is 0 Å². The number of amides is 2. The first-order valence-electron chi connectivity index (χ1n) is 7.97. The fourth-order valence-electron chi connectivity index (χ4n) is 2.81. The predicted molar refractivity (Wildman–Crippen MR) is 96.3 cm³/mol. The first-order valence-corrected chi connectivity index (χ1v) is 7.97. The molecular weight excluding hydrogens is 314 g/mol. The number of ketones is 1. The molecule has 0 aliphatic carbocycles. The number of imide groups is 1. The predicted octanol–water partition coefficient (Wildman–Crippen LogP) is 3.54. The summed E-state index contributed by atoms with van der Waals surface area (Å²) in [6.07, 6.45) is 5.07. The van der Waals surface area contributed by atoms with E-state index in [1.54, 1.807) is 66.8 Å². The van der Waals surface area contributed by atoms with Crippen molar-refractivity contribution in [2.45, 2.75) is 6.42 Å². The van der Waals surface area contributed by atoms with Gasteiger partial charge in [-0.05, 0) is 24.3 Å². The van der Waals surface area contributed by atoms with Crippen LogP contribution in [0.3, 0.4) is 0 Å². The van der Waals surface area contributed by atoms with E-state index in [1.807, 2.05) is 6.07 Å². The van der Waals surface area contributed by atoms with Crippen molar-refractivity contribution in [2.75, 3.05) is 4.90 Å². The topological polar surface area (TPSA) is 54.5 Å². The molecule has 4 heteroatoms. The van der Waals surface area contributed by atoms with Crippen LogP contribution in [-0.4, -0.2) is 17.6 Å². The van der Waals surface area contributed by atoms with Gasteiger partial charge in [-0.25, -0.2) is 0 Å². The Morgan fingerprint density at radius 2 is 1.64 bits per heavy atom. The van der Waals surface area contributed by atoms with E-state index in [0.29, 0.717) is 16.8 Å². The molecule has 25 heavy (non-hydrogen) atoms. The van der Waals surface area contributed by atoms with Crippen molar-refractivity contribution in [3.05, 3.63) is 90.5 Å². The van der Waals surface area contributed by atoms with Gasteiger partial charge in [-0.15, -0.1) is 0 Å². The zero-order valence-electron chi connectivity index (χ0n) is 13.6. The summed E-state index contributed by atoms with van der Waals surface area (Å²) in [7, 11) is 0. The molecule has 2 aromatic carbocycles. The van der Waals surface area contributed by atoms with Gasteiger partial charge in [-0.1, -0.05) is 55.1 Å². The van der Waals surface area contributed by atoms with Crippen LogP contribution in [0, 0.1) is 5.92 Å². The molecule has 0 aromatic heterocycles. The van der Waals surface area contributed by atoms with E-state index in [0.717, 1.165) is 0 Å². The van der Waals surface area contributed by atoms with Crippen molar-refractivity contribution in [1.29, 1.82) is 0 Å². The molecule has 1 aliphatic rings. The molecule has 3 rings (SSSR count). The molecular formula is C21H17NO3. The van der Waals surface area contributed by atoms with Crippen LogP contribution in [0.4, 0.5) is 5.69 Å². The molecule has 1 fully saturated rings. The highest BCUT2D eigenvalue weighted by Gasteiger charge is 2.37. The Balaban J connectivity index is 1.82. The van der Waals surface area contributed by atoms with Crippen molar-refractivity contribution in [3.8, 4) is 0 Å². The van der Waals surface area contributed by atoms with Gasteiger partial charge < -0.3 is 0 Å². The number of benzene rings is 2. The number of hydrogen-bond acceptors (Lipinski definition) is 3. The van der Waals surface area contributed by atoms with Crippen molar-refractivity contribution >= 4 is 23.3 Å². The molecule has 1 heterocycles. The Morgan fingerprint density at radius 3 is 2.28 bits per heavy atom. The lowest BCUT2D eigenvalue weighted by Gasteiger charge is -2.14. The molecule has 1 saturated heterocycles. The molecule has 1 atom stereocenters. The lowest BCUT2D eigenvalue weighted by molar-refractivity contribution is -0.121. The minimum Gasteiger partial charge on any atom is -0.289 e. The smallest absolute Gasteiger partial charge is 0.241 e. The van der Waals surface area contributed by atoms with Gasteiger partial charge in [0.2, 0.25) is 11.8 Å². The summed E-state index contributed by atoms with van der Waals surface area (Å²) in [4.78, 5) is 38.2. The number of hydrogen-bond donors (Lipinski definition) is 0. The zero-order valence-corrected chi connectivity index (χ0v) is 13.6. The van der Waals surface area contributed by atoms with Crippen LogP contribution >= 0.6 is 0 Å². The second-order valence-corrected chi connectivity index (χ2v) is 5.74. The average molecular weight is 331 g/mol. The molecule has 0 saturated carbocycles. The highest BCUT2D eigenvalue weighted by atomic mass is 16.2. The molecule has 1 aliphatic heterocycles. The second-order valence-electron chi connectivity index (χ2n) is 5.74. The largest absolute Gasteiger partial charge is 0.289 e. The fourth-order valence-corrected chi connectivity index (χ4v) is 2.81. The minimum atomic E-state index is -0.462. The third-order valence-electron chi connectivity index (χ3n) is 4.08. The van der Waals surface area contributed by atoms with Crippen LogP contribution in [0.15, 0.2) is 79.4 Å². The third-order valence-corrected chi connectivity index (χ3v) is 4.08. The van der Waals surface area contributed by atoms with Gasteiger partial charge in [0.25, 0.3) is 0 Å². The Morgan fingerprint density at radius 1 is 1.00 bits per heavy atom. The monoisotopic (exact) mass is 331 g/mol. The summed E-state index contributed by atoms with van der Waals surface area (Å²) in [6.45, 7) is 3.57. The van der Waals surface area contributed by atoms with Gasteiger partial charge in [0.1, 0.15) is 0 Å². The summed E-state index contributed by atoms with van der Waals surface area (Å²) in [5, 5.41) is 0. The average Bonchev–Trinajstić information content (AvgIpc) is 2.93. The van der Waals surface area contributed by atoms with E-state index in [1.165, 1.54) is 4.90 Å². The summed E-state index contributed by atoms with van der Waals surface area (Å²) >= 11 is 0. The molecule has 4 nitrogen and oxygen atoms in total. The lowest BCUT2D eigenvalue weighted by atomic mass is 10.0. The van der Waals surface area contributed by atoms with E-state index in [4.69, 9.17) is 0 Å². The molecule has 2 aromatic rings. The van der Waals surface area contributed by atoms with Crippen molar-refractivity contribution in [2.24, 2.45) is 5.92 Å². The summed E-state index contributed by atoms with van der Waals surface area (Å²) < 4.78 is 0. The van der Waals surface area contributed by atoms with E-state index in [9.17, 15) is 14.4 Å². The lowest BCUT2D eigenvalue weighted by Crippen LogP contribution is -2.30. The Bertz CT molecular complexity index is 850. The van der Waals surface area contributed by atoms with Crippen LogP contribution in [0.5, 0.6) is 0 Å². The number of carbonyl (C=O) groups excluding carboxylic acids is 3. The number of nitrogens with zero attached hydrogens (tertiary/aromatic N) is 1. The maximum Gasteiger partial charge on any atom is 0.241 e. The normalized spacial score (nSPS) is 17.3. The molecule has 0 N–H and O–H groups in total. The maximum absolute atomic E-state index is 12.4. The first-order chi connectivity index (χ1) is 12.1. The van der Waals surface area contributed by atoms with Crippen LogP contribution in [0.25, 0.3) is 0 Å². The molecule has 2 amide bonds. The highest BCUT2D eigenvalue weighted by molar-refractivity contribution is 6.21. The molecule has 0 radical (unpaired) electrons. The Labute approximate surface area is 146 Å². The van der Waals surface area contributed by atoms with Gasteiger partial charge in [0.05, 0.1) is 11.6 Å². The van der Waals surface area contributed by atoms with Gasteiger partial charge in [0.15, 0.2) is 5.78 Å². The number of rotatable bonds is 5. The van der Waals surface area contributed by atoms with Gasteiger partial charge in [-0.3, -0.25) is 19.3 Å². The van der Waals surface area contributed by atoms with Crippen LogP contribution in [0.1, 0.15) is 22.3 Å². The van der Waals surface area contributed by atoms with Crippen molar-refractivity contribution in [3.63, 3.8) is 0 Å². The van der Waals surface area contributed by atoms with Crippen LogP contribution in [0.2, 0.25) is 0 Å². The highest BCUT2D eigenvalue weighted by Crippen LogP contribution is 2.27. The minimum absolute atomic E-state index is 0.0991. The van der Waals surface area contributed by atoms with Gasteiger partial charge in [0, 0.05) is 17.5 Å². The van der Waals surface area contributed by atoms with Crippen LogP contribution in [-0.2, 0) is 9.59 Å². The Hall–Kier alpha value is -3.27. The summed E-state index contributed by atoms with van der Waals surface area (Å²) in [5.41, 5.74) is 1.59. The zero-order chi connectivity index (χ0) is 17.8. The quantitative estimate of drug-likeness (QED) is 0.478. The number of allylic oxidation sites excluding steroid dienone is 2. The summed E-state index contributed by atoms with van der Waals surface area (Å²) in [6, 6.07) is 15.5. The molecule has 1 unspecified atom stereocenters. The fraction of sp³-hybridized carbons (Fsp3) is 0.0952.